The van der Waals surface area contributed by atoms with E-state index in [4.69, 9.17) is 4.74 Å². The van der Waals surface area contributed by atoms with Gasteiger partial charge in [-0.2, -0.15) is 17.9 Å². The van der Waals surface area contributed by atoms with Gasteiger partial charge in [-0.1, -0.05) is 30.3 Å². The molecule has 0 saturated carbocycles. The van der Waals surface area contributed by atoms with Crippen molar-refractivity contribution < 1.29 is 17.9 Å². The van der Waals surface area contributed by atoms with Gasteiger partial charge in [-0.05, 0) is 47.2 Å². The van der Waals surface area contributed by atoms with Crippen LogP contribution in [0.25, 0.3) is 5.69 Å². The standard InChI is InChI=1S/C21H23F3N6O/c1-31-19-8-7-16(30-20(21(22,23)24)27-28-29-30)11-15(19)12-26-18-9-10-25-13-17(18)14-5-3-2-4-6-14/h2-8,11,17-18,25-26H,9-10,12-13H2,1H3. The number of rotatable bonds is 6. The van der Waals surface area contributed by atoms with E-state index < -0.39 is 12.0 Å². The van der Waals surface area contributed by atoms with E-state index in [0.29, 0.717) is 22.9 Å². The Morgan fingerprint density at radius 1 is 1.19 bits per heavy atom. The van der Waals surface area contributed by atoms with E-state index in [9.17, 15) is 13.2 Å². The number of alkyl halides is 3. The minimum atomic E-state index is -4.65. The van der Waals surface area contributed by atoms with Crippen molar-refractivity contribution >= 4 is 0 Å². The number of tetrazole rings is 1. The van der Waals surface area contributed by atoms with Crippen LogP contribution < -0.4 is 15.4 Å². The summed E-state index contributed by atoms with van der Waals surface area (Å²) in [6.07, 6.45) is -3.72. The van der Waals surface area contributed by atoms with E-state index in [1.807, 2.05) is 18.2 Å². The Kier molecular flexibility index (Phi) is 6.19. The molecule has 2 aromatic carbocycles. The molecule has 1 saturated heterocycles. The molecule has 2 atom stereocenters. The predicted octanol–water partition coefficient (Wildman–Crippen LogP) is 2.93. The van der Waals surface area contributed by atoms with E-state index in [1.165, 1.54) is 18.7 Å². The van der Waals surface area contributed by atoms with E-state index in [0.717, 1.165) is 25.1 Å². The first-order valence-corrected chi connectivity index (χ1v) is 9.99. The summed E-state index contributed by atoms with van der Waals surface area (Å²) in [5.41, 5.74) is 2.20. The molecule has 2 N–H and O–H groups in total. The maximum Gasteiger partial charge on any atom is 0.453 e. The number of nitrogens with one attached hydrogen (secondary N) is 2. The lowest BCUT2D eigenvalue weighted by molar-refractivity contribution is -0.146. The minimum Gasteiger partial charge on any atom is -0.496 e. The molecular formula is C21H23F3N6O. The highest BCUT2D eigenvalue weighted by molar-refractivity contribution is 5.44. The molecule has 7 nitrogen and oxygen atoms in total. The highest BCUT2D eigenvalue weighted by Crippen LogP contribution is 2.30. The van der Waals surface area contributed by atoms with Gasteiger partial charge < -0.3 is 15.4 Å². The Balaban J connectivity index is 1.57. The molecule has 1 aliphatic heterocycles. The number of benzene rings is 2. The lowest BCUT2D eigenvalue weighted by Crippen LogP contribution is -2.45. The summed E-state index contributed by atoms with van der Waals surface area (Å²) in [5.74, 6) is -0.289. The molecule has 3 aromatic rings. The van der Waals surface area contributed by atoms with Crippen LogP contribution in [0.1, 0.15) is 29.3 Å². The van der Waals surface area contributed by atoms with Gasteiger partial charge in [-0.3, -0.25) is 0 Å². The molecule has 0 spiro atoms. The van der Waals surface area contributed by atoms with Crippen molar-refractivity contribution in [1.29, 1.82) is 0 Å². The third-order valence-electron chi connectivity index (χ3n) is 5.50. The zero-order valence-electron chi connectivity index (χ0n) is 16.9. The first-order chi connectivity index (χ1) is 15.0. The largest absolute Gasteiger partial charge is 0.496 e. The summed E-state index contributed by atoms with van der Waals surface area (Å²) in [6.45, 7) is 2.20. The van der Waals surface area contributed by atoms with Crippen LogP contribution in [0.2, 0.25) is 0 Å². The number of hydrogen-bond donors (Lipinski definition) is 2. The SMILES string of the molecule is COc1ccc(-n2nnnc2C(F)(F)F)cc1CNC1CCNCC1c1ccccc1. The molecular weight excluding hydrogens is 409 g/mol. The van der Waals surface area contributed by atoms with E-state index in [2.05, 4.69) is 38.3 Å². The molecule has 1 aromatic heterocycles. The topological polar surface area (TPSA) is 76.9 Å². The van der Waals surface area contributed by atoms with Crippen LogP contribution in [0.4, 0.5) is 13.2 Å². The van der Waals surface area contributed by atoms with Crippen LogP contribution in [0.3, 0.4) is 0 Å². The van der Waals surface area contributed by atoms with Crippen molar-refractivity contribution in [2.24, 2.45) is 0 Å². The minimum absolute atomic E-state index is 0.218. The second-order valence-corrected chi connectivity index (χ2v) is 7.41. The fraction of sp³-hybridized carbons (Fsp3) is 0.381. The van der Waals surface area contributed by atoms with Crippen molar-refractivity contribution in [3.8, 4) is 11.4 Å². The molecule has 1 aliphatic rings. The molecule has 2 unspecified atom stereocenters. The van der Waals surface area contributed by atoms with Gasteiger partial charge in [0.15, 0.2) is 0 Å². The van der Waals surface area contributed by atoms with Gasteiger partial charge in [-0.15, -0.1) is 5.10 Å². The summed E-state index contributed by atoms with van der Waals surface area (Å²) < 4.78 is 45.7. The Hall–Kier alpha value is -2.98. The number of halogens is 3. The lowest BCUT2D eigenvalue weighted by Gasteiger charge is -2.33. The van der Waals surface area contributed by atoms with E-state index in [-0.39, 0.29) is 11.7 Å². The highest BCUT2D eigenvalue weighted by Gasteiger charge is 2.38. The second-order valence-electron chi connectivity index (χ2n) is 7.41. The van der Waals surface area contributed by atoms with Gasteiger partial charge >= 0.3 is 6.18 Å². The van der Waals surface area contributed by atoms with Crippen molar-refractivity contribution in [2.75, 3.05) is 20.2 Å². The van der Waals surface area contributed by atoms with Crippen LogP contribution in [0.5, 0.6) is 5.75 Å². The summed E-state index contributed by atoms with van der Waals surface area (Å²) in [4.78, 5) is 0. The van der Waals surface area contributed by atoms with Crippen LogP contribution >= 0.6 is 0 Å². The first-order valence-electron chi connectivity index (χ1n) is 9.99. The Morgan fingerprint density at radius 3 is 2.74 bits per heavy atom. The summed E-state index contributed by atoms with van der Waals surface area (Å²) in [5, 5.41) is 16.8. The molecule has 0 amide bonds. The maximum absolute atomic E-state index is 13.2. The van der Waals surface area contributed by atoms with Crippen molar-refractivity contribution in [3.05, 3.63) is 65.5 Å². The summed E-state index contributed by atoms with van der Waals surface area (Å²) in [6, 6.07) is 15.2. The van der Waals surface area contributed by atoms with Gasteiger partial charge in [0.25, 0.3) is 5.82 Å². The van der Waals surface area contributed by atoms with Crippen LogP contribution in [-0.4, -0.2) is 46.4 Å². The Morgan fingerprint density at radius 2 is 2.00 bits per heavy atom. The van der Waals surface area contributed by atoms with Gasteiger partial charge in [0, 0.05) is 30.6 Å². The van der Waals surface area contributed by atoms with Gasteiger partial charge in [0.1, 0.15) is 5.75 Å². The second kappa shape index (κ2) is 9.03. The third kappa shape index (κ3) is 4.70. The molecule has 4 rings (SSSR count). The van der Waals surface area contributed by atoms with Gasteiger partial charge in [-0.25, -0.2) is 0 Å². The molecule has 31 heavy (non-hydrogen) atoms. The monoisotopic (exact) mass is 432 g/mol. The molecule has 0 radical (unpaired) electrons. The van der Waals surface area contributed by atoms with Crippen molar-refractivity contribution in [3.63, 3.8) is 0 Å². The van der Waals surface area contributed by atoms with Gasteiger partial charge in [0.2, 0.25) is 0 Å². The molecule has 164 valence electrons. The molecule has 10 heteroatoms. The zero-order valence-corrected chi connectivity index (χ0v) is 16.9. The average molecular weight is 432 g/mol. The molecule has 2 heterocycles. The van der Waals surface area contributed by atoms with Crippen LogP contribution in [-0.2, 0) is 12.7 Å². The number of ether oxygens (including phenoxy) is 1. The lowest BCUT2D eigenvalue weighted by atomic mass is 9.87. The van der Waals surface area contributed by atoms with Crippen molar-refractivity contribution in [2.45, 2.75) is 31.1 Å². The van der Waals surface area contributed by atoms with Crippen LogP contribution in [0, 0.1) is 0 Å². The van der Waals surface area contributed by atoms with Gasteiger partial charge in [0.05, 0.1) is 12.8 Å². The molecule has 0 bridgehead atoms. The zero-order chi connectivity index (χ0) is 21.8. The first kappa shape index (κ1) is 21.3. The molecule has 0 aliphatic carbocycles. The maximum atomic E-state index is 13.2. The van der Waals surface area contributed by atoms with Crippen LogP contribution in [0.15, 0.2) is 48.5 Å². The third-order valence-corrected chi connectivity index (χ3v) is 5.50. The fourth-order valence-corrected chi connectivity index (χ4v) is 3.97. The Bertz CT molecular complexity index is 1010. The average Bonchev–Trinajstić information content (AvgIpc) is 3.29. The van der Waals surface area contributed by atoms with E-state index in [1.54, 1.807) is 12.1 Å². The van der Waals surface area contributed by atoms with E-state index >= 15 is 0 Å². The fourth-order valence-electron chi connectivity index (χ4n) is 3.97. The molecule has 1 fully saturated rings. The summed E-state index contributed by atoms with van der Waals surface area (Å²) in [7, 11) is 1.54. The number of aromatic nitrogens is 4. The normalized spacial score (nSPS) is 19.4. The number of piperidine rings is 1. The predicted molar refractivity (Wildman–Crippen MR) is 108 cm³/mol. The smallest absolute Gasteiger partial charge is 0.453 e. The highest BCUT2D eigenvalue weighted by atomic mass is 19.4. The quantitative estimate of drug-likeness (QED) is 0.624. The Labute approximate surface area is 177 Å². The summed E-state index contributed by atoms with van der Waals surface area (Å²) >= 11 is 0. The van der Waals surface area contributed by atoms with Crippen molar-refractivity contribution in [1.82, 2.24) is 30.8 Å². The number of nitrogens with zero attached hydrogens (tertiary/aromatic N) is 4. The number of methoxy groups -OCH3 is 1. The number of hydrogen-bond acceptors (Lipinski definition) is 6.